The van der Waals surface area contributed by atoms with Gasteiger partial charge < -0.3 is 15.4 Å². The molecule has 1 aromatic heterocycles. The standard InChI is InChI=1S/C11H18N4O/c1-11(5-3-7-16-8-11)15-9-4-6-13-10(12-2)14-9/h4,6H,3,5,7-8H2,1-2H3,(H2,12,13,14,15). The molecule has 0 spiro atoms. The fourth-order valence-corrected chi connectivity index (χ4v) is 1.89. The molecule has 1 unspecified atom stereocenters. The van der Waals surface area contributed by atoms with Crippen molar-refractivity contribution in [3.05, 3.63) is 12.3 Å². The van der Waals surface area contributed by atoms with Gasteiger partial charge in [0.05, 0.1) is 12.1 Å². The van der Waals surface area contributed by atoms with Crippen LogP contribution in [0, 0.1) is 0 Å². The molecule has 1 fully saturated rings. The van der Waals surface area contributed by atoms with Crippen molar-refractivity contribution < 1.29 is 4.74 Å². The first kappa shape index (κ1) is 11.1. The monoisotopic (exact) mass is 222 g/mol. The number of anilines is 2. The summed E-state index contributed by atoms with van der Waals surface area (Å²) in [6, 6.07) is 1.88. The molecule has 1 atom stereocenters. The van der Waals surface area contributed by atoms with Crippen molar-refractivity contribution in [1.29, 1.82) is 0 Å². The van der Waals surface area contributed by atoms with Gasteiger partial charge in [0.25, 0.3) is 0 Å². The minimum absolute atomic E-state index is 0.0163. The van der Waals surface area contributed by atoms with Crippen molar-refractivity contribution in [1.82, 2.24) is 9.97 Å². The quantitative estimate of drug-likeness (QED) is 0.811. The molecule has 1 saturated heterocycles. The van der Waals surface area contributed by atoms with Crippen LogP contribution in [-0.2, 0) is 4.74 Å². The highest BCUT2D eigenvalue weighted by atomic mass is 16.5. The molecule has 1 aromatic rings. The van der Waals surface area contributed by atoms with Gasteiger partial charge in [-0.3, -0.25) is 0 Å². The van der Waals surface area contributed by atoms with Gasteiger partial charge in [-0.05, 0) is 25.8 Å². The molecule has 5 heteroatoms. The van der Waals surface area contributed by atoms with Gasteiger partial charge in [0.2, 0.25) is 5.95 Å². The highest BCUT2D eigenvalue weighted by Gasteiger charge is 2.27. The molecule has 0 amide bonds. The lowest BCUT2D eigenvalue weighted by Gasteiger charge is -2.34. The SMILES string of the molecule is CNc1nccc(NC2(C)CCCOC2)n1. The van der Waals surface area contributed by atoms with Crippen LogP contribution in [0.4, 0.5) is 11.8 Å². The fraction of sp³-hybridized carbons (Fsp3) is 0.636. The smallest absolute Gasteiger partial charge is 0.224 e. The van der Waals surface area contributed by atoms with E-state index < -0.39 is 0 Å². The van der Waals surface area contributed by atoms with E-state index in [-0.39, 0.29) is 5.54 Å². The van der Waals surface area contributed by atoms with Crippen LogP contribution in [0.1, 0.15) is 19.8 Å². The first-order chi connectivity index (χ1) is 7.72. The normalized spacial score (nSPS) is 25.1. The lowest BCUT2D eigenvalue weighted by molar-refractivity contribution is 0.0539. The van der Waals surface area contributed by atoms with E-state index in [1.54, 1.807) is 6.20 Å². The Hall–Kier alpha value is -1.36. The molecular formula is C11H18N4O. The molecule has 0 bridgehead atoms. The van der Waals surface area contributed by atoms with E-state index in [0.717, 1.165) is 31.9 Å². The number of hydrogen-bond donors (Lipinski definition) is 2. The number of nitrogens with one attached hydrogen (secondary N) is 2. The van der Waals surface area contributed by atoms with E-state index >= 15 is 0 Å². The molecule has 2 N–H and O–H groups in total. The van der Waals surface area contributed by atoms with Gasteiger partial charge in [-0.1, -0.05) is 0 Å². The summed E-state index contributed by atoms with van der Waals surface area (Å²) >= 11 is 0. The summed E-state index contributed by atoms with van der Waals surface area (Å²) < 4.78 is 5.49. The number of hydrogen-bond acceptors (Lipinski definition) is 5. The Morgan fingerprint density at radius 3 is 3.06 bits per heavy atom. The summed E-state index contributed by atoms with van der Waals surface area (Å²) in [5.41, 5.74) is -0.0163. The zero-order valence-electron chi connectivity index (χ0n) is 9.79. The van der Waals surface area contributed by atoms with E-state index in [0.29, 0.717) is 5.95 Å². The summed E-state index contributed by atoms with van der Waals surface area (Å²) in [5.74, 6) is 1.47. The van der Waals surface area contributed by atoms with E-state index in [1.807, 2.05) is 13.1 Å². The third-order valence-corrected chi connectivity index (χ3v) is 2.75. The number of nitrogens with zero attached hydrogens (tertiary/aromatic N) is 2. The Balaban J connectivity index is 2.07. The highest BCUT2D eigenvalue weighted by molar-refractivity contribution is 5.41. The van der Waals surface area contributed by atoms with Crippen molar-refractivity contribution in [3.8, 4) is 0 Å². The van der Waals surface area contributed by atoms with Gasteiger partial charge in [-0.25, -0.2) is 4.98 Å². The van der Waals surface area contributed by atoms with E-state index in [2.05, 4.69) is 27.5 Å². The lowest BCUT2D eigenvalue weighted by atomic mass is 9.95. The van der Waals surface area contributed by atoms with Crippen LogP contribution in [0.2, 0.25) is 0 Å². The third kappa shape index (κ3) is 2.61. The van der Waals surface area contributed by atoms with Crippen LogP contribution in [0.25, 0.3) is 0 Å². The molecular weight excluding hydrogens is 204 g/mol. The van der Waals surface area contributed by atoms with Gasteiger partial charge in [0.15, 0.2) is 0 Å². The van der Waals surface area contributed by atoms with Crippen molar-refractivity contribution in [3.63, 3.8) is 0 Å². The molecule has 88 valence electrons. The summed E-state index contributed by atoms with van der Waals surface area (Å²) in [5, 5.41) is 6.34. The average molecular weight is 222 g/mol. The predicted octanol–water partition coefficient (Wildman–Crippen LogP) is 1.50. The summed E-state index contributed by atoms with van der Waals surface area (Å²) in [4.78, 5) is 8.42. The molecule has 5 nitrogen and oxygen atoms in total. The Labute approximate surface area is 95.6 Å². The van der Waals surface area contributed by atoms with E-state index in [9.17, 15) is 0 Å². The van der Waals surface area contributed by atoms with Crippen LogP contribution in [0.5, 0.6) is 0 Å². The fourth-order valence-electron chi connectivity index (χ4n) is 1.89. The van der Waals surface area contributed by atoms with Crippen LogP contribution >= 0.6 is 0 Å². The largest absolute Gasteiger partial charge is 0.379 e. The van der Waals surface area contributed by atoms with Crippen LogP contribution < -0.4 is 10.6 Å². The number of rotatable bonds is 3. The maximum Gasteiger partial charge on any atom is 0.224 e. The topological polar surface area (TPSA) is 59.1 Å². The second-order valence-corrected chi connectivity index (χ2v) is 4.36. The molecule has 0 radical (unpaired) electrons. The van der Waals surface area contributed by atoms with Crippen molar-refractivity contribution in [2.45, 2.75) is 25.3 Å². The summed E-state index contributed by atoms with van der Waals surface area (Å²) in [7, 11) is 1.81. The second kappa shape index (κ2) is 4.65. The van der Waals surface area contributed by atoms with Crippen molar-refractivity contribution in [2.24, 2.45) is 0 Å². The summed E-state index contributed by atoms with van der Waals surface area (Å²) in [6.07, 6.45) is 3.94. The number of ether oxygens (including phenoxy) is 1. The van der Waals surface area contributed by atoms with Gasteiger partial charge in [0, 0.05) is 19.9 Å². The van der Waals surface area contributed by atoms with Crippen molar-refractivity contribution in [2.75, 3.05) is 30.9 Å². The maximum atomic E-state index is 5.49. The van der Waals surface area contributed by atoms with Gasteiger partial charge in [0.1, 0.15) is 5.82 Å². The average Bonchev–Trinajstić information content (AvgIpc) is 2.29. The Morgan fingerprint density at radius 1 is 1.50 bits per heavy atom. The molecule has 0 saturated carbocycles. The summed E-state index contributed by atoms with van der Waals surface area (Å²) in [6.45, 7) is 3.75. The zero-order chi connectivity index (χ0) is 11.4. The Bertz CT molecular complexity index is 350. The minimum Gasteiger partial charge on any atom is -0.379 e. The molecule has 2 rings (SSSR count). The Kier molecular flexibility index (Phi) is 3.24. The molecule has 1 aliphatic rings. The first-order valence-electron chi connectivity index (χ1n) is 5.59. The molecule has 1 aliphatic heterocycles. The molecule has 0 aliphatic carbocycles. The minimum atomic E-state index is -0.0163. The van der Waals surface area contributed by atoms with Gasteiger partial charge in [-0.15, -0.1) is 0 Å². The lowest BCUT2D eigenvalue weighted by Crippen LogP contribution is -2.43. The zero-order valence-corrected chi connectivity index (χ0v) is 9.79. The van der Waals surface area contributed by atoms with Crippen LogP contribution in [0.15, 0.2) is 12.3 Å². The number of aromatic nitrogens is 2. The predicted molar refractivity (Wildman–Crippen MR) is 63.7 cm³/mol. The van der Waals surface area contributed by atoms with Crippen LogP contribution in [0.3, 0.4) is 0 Å². The van der Waals surface area contributed by atoms with Crippen molar-refractivity contribution >= 4 is 11.8 Å². The Morgan fingerprint density at radius 2 is 2.38 bits per heavy atom. The van der Waals surface area contributed by atoms with Crippen LogP contribution in [-0.4, -0.2) is 35.8 Å². The van der Waals surface area contributed by atoms with E-state index in [1.165, 1.54) is 0 Å². The van der Waals surface area contributed by atoms with Gasteiger partial charge in [-0.2, -0.15) is 4.98 Å². The third-order valence-electron chi connectivity index (χ3n) is 2.75. The molecule has 2 heterocycles. The first-order valence-corrected chi connectivity index (χ1v) is 5.59. The second-order valence-electron chi connectivity index (χ2n) is 4.36. The maximum absolute atomic E-state index is 5.49. The molecule has 16 heavy (non-hydrogen) atoms. The molecule has 0 aromatic carbocycles. The van der Waals surface area contributed by atoms with E-state index in [4.69, 9.17) is 4.74 Å². The highest BCUT2D eigenvalue weighted by Crippen LogP contribution is 2.23. The van der Waals surface area contributed by atoms with Gasteiger partial charge >= 0.3 is 0 Å².